The molecule has 0 aliphatic heterocycles. The summed E-state index contributed by atoms with van der Waals surface area (Å²) < 4.78 is 0. The van der Waals surface area contributed by atoms with Gasteiger partial charge in [-0.05, 0) is 29.5 Å². The topological polar surface area (TPSA) is 62.7 Å². The molecule has 1 aromatic carbocycles. The van der Waals surface area contributed by atoms with E-state index in [1.165, 1.54) is 5.56 Å². The number of hydrogen-bond donors (Lipinski definition) is 1. The molecule has 2 N–H and O–H groups in total. The molecule has 3 nitrogen and oxygen atoms in total. The van der Waals surface area contributed by atoms with Crippen LogP contribution in [0.2, 0.25) is 0 Å². The first-order valence-electron chi connectivity index (χ1n) is 6.61. The lowest BCUT2D eigenvalue weighted by Crippen LogP contribution is -2.10. The molecule has 0 spiro atoms. The van der Waals surface area contributed by atoms with Crippen molar-refractivity contribution in [3.05, 3.63) is 47.2 Å². The SMILES string of the molecule is Cc1cc(-c2ccc(C(C)(C)C)cc2)c(C#N)c(N)n1. The van der Waals surface area contributed by atoms with Crippen molar-refractivity contribution in [2.24, 2.45) is 0 Å². The third-order valence-corrected chi connectivity index (χ3v) is 3.35. The quantitative estimate of drug-likeness (QED) is 0.852. The van der Waals surface area contributed by atoms with E-state index >= 15 is 0 Å². The molecule has 0 bridgehead atoms. The number of nitrogen functional groups attached to an aromatic ring is 1. The highest BCUT2D eigenvalue weighted by molar-refractivity contribution is 5.75. The zero-order valence-electron chi connectivity index (χ0n) is 12.4. The molecule has 0 amide bonds. The number of pyridine rings is 1. The first-order chi connectivity index (χ1) is 9.32. The number of nitriles is 1. The monoisotopic (exact) mass is 265 g/mol. The van der Waals surface area contributed by atoms with Gasteiger partial charge in [-0.1, -0.05) is 45.0 Å². The first-order valence-corrected chi connectivity index (χ1v) is 6.61. The molecule has 0 unspecified atom stereocenters. The maximum atomic E-state index is 9.27. The van der Waals surface area contributed by atoms with Gasteiger partial charge in [0, 0.05) is 11.3 Å². The summed E-state index contributed by atoms with van der Waals surface area (Å²) in [4.78, 5) is 4.14. The van der Waals surface area contributed by atoms with Crippen molar-refractivity contribution in [1.29, 1.82) is 5.26 Å². The van der Waals surface area contributed by atoms with E-state index in [0.717, 1.165) is 16.8 Å². The van der Waals surface area contributed by atoms with Crippen molar-refractivity contribution < 1.29 is 0 Å². The number of nitrogens with zero attached hydrogens (tertiary/aromatic N) is 2. The van der Waals surface area contributed by atoms with Crippen LogP contribution in [0.1, 0.15) is 37.6 Å². The van der Waals surface area contributed by atoms with Gasteiger partial charge in [-0.15, -0.1) is 0 Å². The first kappa shape index (κ1) is 14.1. The number of aryl methyl sites for hydroxylation is 1. The van der Waals surface area contributed by atoms with Gasteiger partial charge in [-0.25, -0.2) is 4.98 Å². The van der Waals surface area contributed by atoms with Gasteiger partial charge < -0.3 is 5.73 Å². The van der Waals surface area contributed by atoms with Crippen molar-refractivity contribution in [2.45, 2.75) is 33.1 Å². The van der Waals surface area contributed by atoms with Gasteiger partial charge in [0.2, 0.25) is 0 Å². The van der Waals surface area contributed by atoms with E-state index in [9.17, 15) is 5.26 Å². The Labute approximate surface area is 120 Å². The number of anilines is 1. The minimum Gasteiger partial charge on any atom is -0.383 e. The molecule has 1 heterocycles. The number of nitrogens with two attached hydrogens (primary N) is 1. The summed E-state index contributed by atoms with van der Waals surface area (Å²) >= 11 is 0. The van der Waals surface area contributed by atoms with Gasteiger partial charge in [0.25, 0.3) is 0 Å². The Bertz CT molecular complexity index is 671. The molecule has 20 heavy (non-hydrogen) atoms. The minimum atomic E-state index is 0.115. The summed E-state index contributed by atoms with van der Waals surface area (Å²) in [6.45, 7) is 8.41. The summed E-state index contributed by atoms with van der Waals surface area (Å²) in [5.41, 5.74) is 10.3. The fraction of sp³-hybridized carbons (Fsp3) is 0.294. The van der Waals surface area contributed by atoms with Crippen molar-refractivity contribution in [3.63, 3.8) is 0 Å². The van der Waals surface area contributed by atoms with Crippen LogP contribution in [0.15, 0.2) is 30.3 Å². The number of rotatable bonds is 1. The van der Waals surface area contributed by atoms with E-state index in [4.69, 9.17) is 5.73 Å². The van der Waals surface area contributed by atoms with Gasteiger partial charge >= 0.3 is 0 Å². The Kier molecular flexibility index (Phi) is 3.50. The van der Waals surface area contributed by atoms with Gasteiger partial charge in [0.15, 0.2) is 0 Å². The molecule has 0 atom stereocenters. The minimum absolute atomic E-state index is 0.115. The van der Waals surface area contributed by atoms with E-state index in [1.807, 2.05) is 25.1 Å². The van der Waals surface area contributed by atoms with Crippen LogP contribution < -0.4 is 5.73 Å². The Hall–Kier alpha value is -2.34. The third kappa shape index (κ3) is 2.65. The molecule has 102 valence electrons. The van der Waals surface area contributed by atoms with Crippen LogP contribution in [0.4, 0.5) is 5.82 Å². The highest BCUT2D eigenvalue weighted by Crippen LogP contribution is 2.29. The summed E-state index contributed by atoms with van der Waals surface area (Å²) in [5.74, 6) is 0.294. The lowest BCUT2D eigenvalue weighted by molar-refractivity contribution is 0.590. The predicted octanol–water partition coefficient (Wildman–Crippen LogP) is 3.81. The van der Waals surface area contributed by atoms with E-state index in [2.05, 4.69) is 44.0 Å². The fourth-order valence-corrected chi connectivity index (χ4v) is 2.19. The van der Waals surface area contributed by atoms with E-state index in [0.29, 0.717) is 11.4 Å². The zero-order valence-corrected chi connectivity index (χ0v) is 12.4. The van der Waals surface area contributed by atoms with Crippen LogP contribution in [-0.4, -0.2) is 4.98 Å². The van der Waals surface area contributed by atoms with E-state index in [-0.39, 0.29) is 5.41 Å². The summed E-state index contributed by atoms with van der Waals surface area (Å²) in [6.07, 6.45) is 0. The normalized spacial score (nSPS) is 11.2. The Balaban J connectivity index is 2.56. The number of hydrogen-bond acceptors (Lipinski definition) is 3. The zero-order chi connectivity index (χ0) is 14.9. The molecular formula is C17H19N3. The fourth-order valence-electron chi connectivity index (χ4n) is 2.19. The smallest absolute Gasteiger partial charge is 0.142 e. The summed E-state index contributed by atoms with van der Waals surface area (Å²) in [5, 5.41) is 9.27. The Morgan fingerprint density at radius 1 is 1.15 bits per heavy atom. The third-order valence-electron chi connectivity index (χ3n) is 3.35. The Morgan fingerprint density at radius 3 is 2.25 bits per heavy atom. The van der Waals surface area contributed by atoms with Crippen LogP contribution in [0.25, 0.3) is 11.1 Å². The maximum Gasteiger partial charge on any atom is 0.142 e. The standard InChI is InChI=1S/C17H19N3/c1-11-9-14(15(10-18)16(19)20-11)12-5-7-13(8-6-12)17(2,3)4/h5-9H,1-4H3,(H2,19,20). The molecule has 0 saturated heterocycles. The van der Waals surface area contributed by atoms with E-state index in [1.54, 1.807) is 0 Å². The second kappa shape index (κ2) is 4.97. The van der Waals surface area contributed by atoms with Crippen molar-refractivity contribution >= 4 is 5.82 Å². The number of benzene rings is 1. The van der Waals surface area contributed by atoms with E-state index < -0.39 is 0 Å². The lowest BCUT2D eigenvalue weighted by atomic mass is 9.86. The average Bonchev–Trinajstić information content (AvgIpc) is 2.37. The van der Waals surface area contributed by atoms with Crippen LogP contribution in [0, 0.1) is 18.3 Å². The molecule has 0 fully saturated rings. The Morgan fingerprint density at radius 2 is 1.75 bits per heavy atom. The lowest BCUT2D eigenvalue weighted by Gasteiger charge is -2.19. The van der Waals surface area contributed by atoms with Gasteiger partial charge in [0.05, 0.1) is 0 Å². The van der Waals surface area contributed by atoms with Crippen molar-refractivity contribution in [1.82, 2.24) is 4.98 Å². The second-order valence-corrected chi connectivity index (χ2v) is 6.01. The molecule has 3 heteroatoms. The molecule has 1 aromatic heterocycles. The largest absolute Gasteiger partial charge is 0.383 e. The number of aromatic nitrogens is 1. The maximum absolute atomic E-state index is 9.27. The molecule has 2 rings (SSSR count). The molecule has 0 saturated carbocycles. The van der Waals surface area contributed by atoms with Crippen molar-refractivity contribution in [2.75, 3.05) is 5.73 Å². The molecule has 0 aliphatic carbocycles. The van der Waals surface area contributed by atoms with Crippen molar-refractivity contribution in [3.8, 4) is 17.2 Å². The average molecular weight is 265 g/mol. The van der Waals surface area contributed by atoms with Gasteiger partial charge in [-0.3, -0.25) is 0 Å². The molecule has 0 aliphatic rings. The second-order valence-electron chi connectivity index (χ2n) is 6.01. The molecule has 2 aromatic rings. The molecule has 0 radical (unpaired) electrons. The highest BCUT2D eigenvalue weighted by atomic mass is 14.8. The summed E-state index contributed by atoms with van der Waals surface area (Å²) in [6, 6.07) is 12.3. The van der Waals surface area contributed by atoms with Crippen LogP contribution in [0.5, 0.6) is 0 Å². The summed E-state index contributed by atoms with van der Waals surface area (Å²) in [7, 11) is 0. The van der Waals surface area contributed by atoms with Crippen LogP contribution in [-0.2, 0) is 5.41 Å². The predicted molar refractivity (Wildman–Crippen MR) is 82.2 cm³/mol. The van der Waals surface area contributed by atoms with Gasteiger partial charge in [-0.2, -0.15) is 5.26 Å². The highest BCUT2D eigenvalue weighted by Gasteiger charge is 2.15. The van der Waals surface area contributed by atoms with Crippen LogP contribution >= 0.6 is 0 Å². The van der Waals surface area contributed by atoms with Gasteiger partial charge in [0.1, 0.15) is 17.5 Å². The molecular weight excluding hydrogens is 246 g/mol. The van der Waals surface area contributed by atoms with Crippen LogP contribution in [0.3, 0.4) is 0 Å².